The van der Waals surface area contributed by atoms with Crippen LogP contribution in [0.4, 0.5) is 5.69 Å². The molecule has 0 saturated carbocycles. The maximum absolute atomic E-state index is 11.0. The average molecular weight is 331 g/mol. The molecule has 0 spiro atoms. The number of hydrogen-bond donors (Lipinski definition) is 1. The fraction of sp³-hybridized carbons (Fsp3) is 0.235. The SMILES string of the molecule is CC(C)c1ccc(Sc2ccc([N+](=O)[O-])cc2CC(=O)O)cc1. The summed E-state index contributed by atoms with van der Waals surface area (Å²) in [4.78, 5) is 23.0. The molecule has 0 aliphatic rings. The first-order chi connectivity index (χ1) is 10.9. The van der Waals surface area contributed by atoms with Crippen molar-refractivity contribution in [3.8, 4) is 0 Å². The molecule has 23 heavy (non-hydrogen) atoms. The van der Waals surface area contributed by atoms with E-state index in [4.69, 9.17) is 5.11 Å². The third-order valence-electron chi connectivity index (χ3n) is 3.37. The number of rotatable bonds is 6. The van der Waals surface area contributed by atoms with Gasteiger partial charge in [0.2, 0.25) is 0 Å². The minimum Gasteiger partial charge on any atom is -0.481 e. The molecule has 2 aromatic carbocycles. The van der Waals surface area contributed by atoms with Crippen LogP contribution in [0.5, 0.6) is 0 Å². The van der Waals surface area contributed by atoms with Crippen LogP contribution in [0.15, 0.2) is 52.3 Å². The lowest BCUT2D eigenvalue weighted by Crippen LogP contribution is -2.02. The highest BCUT2D eigenvalue weighted by molar-refractivity contribution is 7.99. The Labute approximate surface area is 138 Å². The predicted molar refractivity (Wildman–Crippen MR) is 89.1 cm³/mol. The largest absolute Gasteiger partial charge is 0.481 e. The standard InChI is InChI=1S/C17H17NO4S/c1-11(2)12-3-6-15(7-4-12)23-16-8-5-14(18(21)22)9-13(16)10-17(19)20/h3-9,11H,10H2,1-2H3,(H,19,20). The van der Waals surface area contributed by atoms with E-state index in [9.17, 15) is 14.9 Å². The van der Waals surface area contributed by atoms with Crippen LogP contribution in [-0.2, 0) is 11.2 Å². The summed E-state index contributed by atoms with van der Waals surface area (Å²) in [5.41, 5.74) is 1.58. The first-order valence-electron chi connectivity index (χ1n) is 7.13. The van der Waals surface area contributed by atoms with Gasteiger partial charge in [0, 0.05) is 21.9 Å². The maximum Gasteiger partial charge on any atom is 0.307 e. The second-order valence-electron chi connectivity index (χ2n) is 5.45. The monoisotopic (exact) mass is 331 g/mol. The van der Waals surface area contributed by atoms with Gasteiger partial charge in [-0.3, -0.25) is 14.9 Å². The van der Waals surface area contributed by atoms with Gasteiger partial charge in [0.05, 0.1) is 11.3 Å². The Morgan fingerprint density at radius 2 is 1.87 bits per heavy atom. The Balaban J connectivity index is 2.30. The number of carboxylic acid groups (broad SMARTS) is 1. The van der Waals surface area contributed by atoms with E-state index in [1.54, 1.807) is 6.07 Å². The van der Waals surface area contributed by atoms with Crippen LogP contribution in [0.2, 0.25) is 0 Å². The highest BCUT2D eigenvalue weighted by atomic mass is 32.2. The Morgan fingerprint density at radius 3 is 2.39 bits per heavy atom. The summed E-state index contributed by atoms with van der Waals surface area (Å²) in [6.07, 6.45) is -0.242. The van der Waals surface area contributed by atoms with Gasteiger partial charge >= 0.3 is 5.97 Å². The highest BCUT2D eigenvalue weighted by Gasteiger charge is 2.14. The number of carboxylic acids is 1. The third-order valence-corrected chi connectivity index (χ3v) is 4.50. The molecule has 0 heterocycles. The summed E-state index contributed by atoms with van der Waals surface area (Å²) in [7, 11) is 0. The van der Waals surface area contributed by atoms with Crippen molar-refractivity contribution < 1.29 is 14.8 Å². The summed E-state index contributed by atoms with van der Waals surface area (Å²) in [6, 6.07) is 12.4. The van der Waals surface area contributed by atoms with Crippen molar-refractivity contribution in [2.75, 3.05) is 0 Å². The number of non-ortho nitro benzene ring substituents is 1. The van der Waals surface area contributed by atoms with E-state index >= 15 is 0 Å². The molecule has 1 N–H and O–H groups in total. The summed E-state index contributed by atoms with van der Waals surface area (Å²) in [6.45, 7) is 4.23. The van der Waals surface area contributed by atoms with Gasteiger partial charge in [-0.25, -0.2) is 0 Å². The fourth-order valence-corrected chi connectivity index (χ4v) is 3.05. The van der Waals surface area contributed by atoms with Crippen molar-refractivity contribution in [3.05, 3.63) is 63.7 Å². The molecule has 0 amide bonds. The van der Waals surface area contributed by atoms with Gasteiger partial charge in [-0.1, -0.05) is 37.7 Å². The molecule has 0 atom stereocenters. The van der Waals surface area contributed by atoms with Crippen molar-refractivity contribution >= 4 is 23.4 Å². The molecule has 0 aromatic heterocycles. The van der Waals surface area contributed by atoms with E-state index in [1.165, 1.54) is 29.5 Å². The average Bonchev–Trinajstić information content (AvgIpc) is 2.48. The van der Waals surface area contributed by atoms with Crippen LogP contribution in [0, 0.1) is 10.1 Å². The lowest BCUT2D eigenvalue weighted by Gasteiger charge is -2.09. The summed E-state index contributed by atoms with van der Waals surface area (Å²) in [5.74, 6) is -0.571. The molecule has 0 aliphatic carbocycles. The zero-order valence-electron chi connectivity index (χ0n) is 12.9. The van der Waals surface area contributed by atoms with Gasteiger partial charge in [-0.15, -0.1) is 0 Å². The first-order valence-corrected chi connectivity index (χ1v) is 7.95. The third kappa shape index (κ3) is 4.56. The topological polar surface area (TPSA) is 80.4 Å². The van der Waals surface area contributed by atoms with Crippen LogP contribution in [0.3, 0.4) is 0 Å². The number of carbonyl (C=O) groups is 1. The lowest BCUT2D eigenvalue weighted by molar-refractivity contribution is -0.385. The molecular weight excluding hydrogens is 314 g/mol. The van der Waals surface area contributed by atoms with E-state index in [0.29, 0.717) is 11.5 Å². The zero-order chi connectivity index (χ0) is 17.0. The second kappa shape index (κ2) is 7.28. The van der Waals surface area contributed by atoms with E-state index in [1.807, 2.05) is 24.3 Å². The van der Waals surface area contributed by atoms with Gasteiger partial charge < -0.3 is 5.11 Å². The van der Waals surface area contributed by atoms with Gasteiger partial charge in [0.1, 0.15) is 0 Å². The molecular formula is C17H17NO4S. The molecule has 2 rings (SSSR count). The Kier molecular flexibility index (Phi) is 5.39. The lowest BCUT2D eigenvalue weighted by atomic mass is 10.0. The maximum atomic E-state index is 11.0. The minimum absolute atomic E-state index is 0.0965. The van der Waals surface area contributed by atoms with E-state index in [-0.39, 0.29) is 12.1 Å². The summed E-state index contributed by atoms with van der Waals surface area (Å²) < 4.78 is 0. The summed E-state index contributed by atoms with van der Waals surface area (Å²) >= 11 is 1.41. The quantitative estimate of drug-likeness (QED) is 0.623. The Hall–Kier alpha value is -2.34. The number of benzene rings is 2. The van der Waals surface area contributed by atoms with Gasteiger partial charge in [-0.2, -0.15) is 0 Å². The highest BCUT2D eigenvalue weighted by Crippen LogP contribution is 2.33. The van der Waals surface area contributed by atoms with Crippen LogP contribution in [-0.4, -0.2) is 16.0 Å². The Bertz CT molecular complexity index is 726. The van der Waals surface area contributed by atoms with Gasteiger partial charge in [0.25, 0.3) is 5.69 Å². The van der Waals surface area contributed by atoms with Gasteiger partial charge in [0.15, 0.2) is 0 Å². The van der Waals surface area contributed by atoms with Gasteiger partial charge in [-0.05, 0) is 35.2 Å². The fourth-order valence-electron chi connectivity index (χ4n) is 2.13. The van der Waals surface area contributed by atoms with E-state index < -0.39 is 10.9 Å². The van der Waals surface area contributed by atoms with Crippen LogP contribution >= 0.6 is 11.8 Å². The summed E-state index contributed by atoms with van der Waals surface area (Å²) in [5, 5.41) is 19.9. The Morgan fingerprint density at radius 1 is 1.22 bits per heavy atom. The van der Waals surface area contributed by atoms with Crippen molar-refractivity contribution in [2.45, 2.75) is 36.0 Å². The molecule has 0 radical (unpaired) electrons. The van der Waals surface area contributed by atoms with Crippen LogP contribution in [0.1, 0.15) is 30.9 Å². The van der Waals surface area contributed by atoms with Crippen molar-refractivity contribution in [1.82, 2.24) is 0 Å². The zero-order valence-corrected chi connectivity index (χ0v) is 13.7. The van der Waals surface area contributed by atoms with E-state index in [2.05, 4.69) is 13.8 Å². The number of nitro groups is 1. The van der Waals surface area contributed by atoms with Crippen molar-refractivity contribution in [2.24, 2.45) is 0 Å². The molecule has 0 bridgehead atoms. The van der Waals surface area contributed by atoms with Crippen molar-refractivity contribution in [1.29, 1.82) is 0 Å². The molecule has 120 valence electrons. The minimum atomic E-state index is -1.01. The van der Waals surface area contributed by atoms with E-state index in [0.717, 1.165) is 9.79 Å². The molecule has 0 unspecified atom stereocenters. The van der Waals surface area contributed by atoms with Crippen LogP contribution < -0.4 is 0 Å². The molecule has 5 nitrogen and oxygen atoms in total. The smallest absolute Gasteiger partial charge is 0.307 e. The number of aliphatic carboxylic acids is 1. The number of hydrogen-bond acceptors (Lipinski definition) is 4. The molecule has 0 fully saturated rings. The number of nitrogens with zero attached hydrogens (tertiary/aromatic N) is 1. The number of nitro benzene ring substituents is 1. The molecule has 0 saturated heterocycles. The second-order valence-corrected chi connectivity index (χ2v) is 6.56. The predicted octanol–water partition coefficient (Wildman–Crippen LogP) is 4.50. The van der Waals surface area contributed by atoms with Crippen LogP contribution in [0.25, 0.3) is 0 Å². The molecule has 2 aromatic rings. The first kappa shape index (κ1) is 17.0. The normalized spacial score (nSPS) is 10.7. The molecule has 6 heteroatoms. The molecule has 0 aliphatic heterocycles. The van der Waals surface area contributed by atoms with Crippen molar-refractivity contribution in [3.63, 3.8) is 0 Å².